The third-order valence-corrected chi connectivity index (χ3v) is 8.36. The molecule has 0 saturated heterocycles. The molecule has 4 aromatic rings. The quantitative estimate of drug-likeness (QED) is 0.157. The maximum Gasteiger partial charge on any atom is 0.282 e. The van der Waals surface area contributed by atoms with E-state index in [9.17, 15) is 9.18 Å². The normalized spacial score (nSPS) is 11.4. The minimum absolute atomic E-state index is 0.0275. The molecule has 0 spiro atoms. The number of hydrogen-bond donors (Lipinski definition) is 0. The number of benzene rings is 3. The third kappa shape index (κ3) is 6.35. The number of nitrogens with zero attached hydrogens (tertiary/aromatic N) is 3. The van der Waals surface area contributed by atoms with E-state index in [0.29, 0.717) is 61.3 Å². The van der Waals surface area contributed by atoms with Crippen LogP contribution in [0.4, 0.5) is 4.39 Å². The van der Waals surface area contributed by atoms with Crippen molar-refractivity contribution in [2.45, 2.75) is 39.7 Å². The van der Waals surface area contributed by atoms with E-state index in [0.717, 1.165) is 17.3 Å². The third-order valence-electron chi connectivity index (χ3n) is 5.73. The van der Waals surface area contributed by atoms with E-state index in [2.05, 4.69) is 59.8 Å². The molecule has 10 heteroatoms. The number of hydrogen-bond acceptors (Lipinski definition) is 5. The molecule has 0 unspecified atom stereocenters. The van der Waals surface area contributed by atoms with Gasteiger partial charge in [-0.05, 0) is 75.5 Å². The molecule has 198 valence electrons. The Morgan fingerprint density at radius 1 is 1.05 bits per heavy atom. The van der Waals surface area contributed by atoms with E-state index in [-0.39, 0.29) is 18.0 Å². The summed E-state index contributed by atoms with van der Waals surface area (Å²) in [5, 5.41) is 5.03. The maximum absolute atomic E-state index is 14.1. The zero-order valence-electron chi connectivity index (χ0n) is 20.8. The first-order chi connectivity index (χ1) is 18.3. The molecule has 0 fully saturated rings. The van der Waals surface area contributed by atoms with Crippen molar-refractivity contribution in [1.29, 1.82) is 0 Å². The molecule has 1 aromatic heterocycles. The fourth-order valence-corrected chi connectivity index (χ4v) is 5.09. The predicted octanol–water partition coefficient (Wildman–Crippen LogP) is 8.03. The Balaban J connectivity index is 1.75. The highest BCUT2D eigenvalue weighted by atomic mass is 79.9. The van der Waals surface area contributed by atoms with Gasteiger partial charge < -0.3 is 9.47 Å². The van der Waals surface area contributed by atoms with E-state index in [1.807, 2.05) is 19.1 Å². The number of halogens is 4. The fraction of sp³-hybridized carbons (Fsp3) is 0.250. The number of rotatable bonds is 10. The zero-order chi connectivity index (χ0) is 27.2. The highest BCUT2D eigenvalue weighted by molar-refractivity contribution is 9.13. The molecule has 0 N–H and O–H groups in total. The van der Waals surface area contributed by atoms with Crippen molar-refractivity contribution in [3.8, 4) is 11.5 Å². The molecule has 3 aromatic carbocycles. The van der Waals surface area contributed by atoms with Crippen LogP contribution in [-0.2, 0) is 13.0 Å². The van der Waals surface area contributed by atoms with E-state index >= 15 is 0 Å². The van der Waals surface area contributed by atoms with Gasteiger partial charge in [0, 0.05) is 26.5 Å². The Morgan fingerprint density at radius 3 is 2.58 bits per heavy atom. The topological polar surface area (TPSA) is 65.7 Å². The van der Waals surface area contributed by atoms with Gasteiger partial charge in [-0.3, -0.25) is 4.79 Å². The lowest BCUT2D eigenvalue weighted by Gasteiger charge is -2.16. The lowest BCUT2D eigenvalue weighted by atomic mass is 10.2. The average Bonchev–Trinajstić information content (AvgIpc) is 2.90. The van der Waals surface area contributed by atoms with E-state index in [1.54, 1.807) is 36.5 Å². The second-order valence-corrected chi connectivity index (χ2v) is 10.9. The summed E-state index contributed by atoms with van der Waals surface area (Å²) in [6, 6.07) is 13.7. The lowest BCUT2D eigenvalue weighted by molar-refractivity contribution is 0.264. The van der Waals surface area contributed by atoms with Gasteiger partial charge in [0.2, 0.25) is 0 Å². The predicted molar refractivity (Wildman–Crippen MR) is 159 cm³/mol. The fourth-order valence-electron chi connectivity index (χ4n) is 3.79. The van der Waals surface area contributed by atoms with Gasteiger partial charge in [0.1, 0.15) is 18.2 Å². The second-order valence-electron chi connectivity index (χ2n) is 8.39. The van der Waals surface area contributed by atoms with Crippen LogP contribution in [0.2, 0.25) is 0 Å². The Kier molecular flexibility index (Phi) is 9.73. The number of ether oxygens (including phenoxy) is 2. The van der Waals surface area contributed by atoms with Crippen molar-refractivity contribution in [2.24, 2.45) is 5.10 Å². The van der Waals surface area contributed by atoms with Gasteiger partial charge in [0.05, 0.1) is 28.2 Å². The molecule has 4 rings (SSSR count). The Morgan fingerprint density at radius 2 is 1.84 bits per heavy atom. The molecule has 0 radical (unpaired) electrons. The molecule has 0 aliphatic heterocycles. The average molecular weight is 710 g/mol. The number of unbranched alkanes of at least 4 members (excludes halogenated alkanes) is 1. The van der Waals surface area contributed by atoms with Crippen molar-refractivity contribution >= 4 is 64.9 Å². The Bertz CT molecular complexity index is 1560. The van der Waals surface area contributed by atoms with Gasteiger partial charge in [-0.25, -0.2) is 9.37 Å². The van der Waals surface area contributed by atoms with Crippen LogP contribution in [0.5, 0.6) is 11.5 Å². The number of aromatic nitrogens is 2. The summed E-state index contributed by atoms with van der Waals surface area (Å²) in [5.41, 5.74) is 1.47. The summed E-state index contributed by atoms with van der Waals surface area (Å²) in [5.74, 6) is 1.13. The van der Waals surface area contributed by atoms with Gasteiger partial charge in [0.25, 0.3) is 5.56 Å². The summed E-state index contributed by atoms with van der Waals surface area (Å²) in [4.78, 5) is 18.1. The monoisotopic (exact) mass is 707 g/mol. The highest BCUT2D eigenvalue weighted by Gasteiger charge is 2.18. The Hall–Kier alpha value is -2.56. The van der Waals surface area contributed by atoms with E-state index < -0.39 is 0 Å². The first-order valence-electron chi connectivity index (χ1n) is 12.1. The summed E-state index contributed by atoms with van der Waals surface area (Å²) in [7, 11) is 0. The summed E-state index contributed by atoms with van der Waals surface area (Å²) < 4.78 is 29.3. The van der Waals surface area contributed by atoms with Gasteiger partial charge in [-0.15, -0.1) is 0 Å². The highest BCUT2D eigenvalue weighted by Crippen LogP contribution is 2.43. The molecule has 0 amide bonds. The van der Waals surface area contributed by atoms with Gasteiger partial charge in [-0.2, -0.15) is 9.78 Å². The first-order valence-corrected chi connectivity index (χ1v) is 14.5. The van der Waals surface area contributed by atoms with Crippen LogP contribution in [0, 0.1) is 5.82 Å². The molecule has 0 atom stereocenters. The molecular weight excluding hydrogens is 685 g/mol. The van der Waals surface area contributed by atoms with E-state index in [4.69, 9.17) is 14.5 Å². The summed E-state index contributed by atoms with van der Waals surface area (Å²) in [6.07, 6.45) is 4.04. The van der Waals surface area contributed by atoms with Crippen LogP contribution in [-0.4, -0.2) is 22.5 Å². The summed E-state index contributed by atoms with van der Waals surface area (Å²) in [6.45, 7) is 4.37. The van der Waals surface area contributed by atoms with Crippen LogP contribution in [0.15, 0.2) is 71.8 Å². The minimum Gasteiger partial charge on any atom is -0.490 e. The molecule has 0 saturated carbocycles. The molecule has 0 aliphatic rings. The molecule has 0 aliphatic carbocycles. The van der Waals surface area contributed by atoms with Gasteiger partial charge in [-0.1, -0.05) is 47.5 Å². The maximum atomic E-state index is 14.1. The van der Waals surface area contributed by atoms with Crippen molar-refractivity contribution in [3.63, 3.8) is 0 Å². The second kappa shape index (κ2) is 13.0. The molecular formula is C28H25Br3FN3O3. The van der Waals surface area contributed by atoms with E-state index in [1.165, 1.54) is 10.7 Å². The smallest absolute Gasteiger partial charge is 0.282 e. The van der Waals surface area contributed by atoms with Crippen molar-refractivity contribution in [2.75, 3.05) is 6.61 Å². The van der Waals surface area contributed by atoms with Crippen LogP contribution in [0.25, 0.3) is 10.9 Å². The van der Waals surface area contributed by atoms with Crippen molar-refractivity contribution in [1.82, 2.24) is 9.66 Å². The van der Waals surface area contributed by atoms with Crippen LogP contribution >= 0.6 is 47.8 Å². The Labute approximate surface area is 245 Å². The first kappa shape index (κ1) is 28.4. The number of aryl methyl sites for hydroxylation is 1. The van der Waals surface area contributed by atoms with Crippen LogP contribution < -0.4 is 15.0 Å². The van der Waals surface area contributed by atoms with Crippen molar-refractivity contribution in [3.05, 3.63) is 95.1 Å². The molecule has 0 bridgehead atoms. The SMILES string of the molecule is CCCCc1nc2ccc(Br)cc2c(=O)n1N=Cc1cc(OCC)c(OCc2ccccc2F)c(Br)c1Br. The van der Waals surface area contributed by atoms with Crippen molar-refractivity contribution < 1.29 is 13.9 Å². The molecule has 1 heterocycles. The van der Waals surface area contributed by atoms with Gasteiger partial charge in [0.15, 0.2) is 11.5 Å². The minimum atomic E-state index is -0.343. The molecule has 6 nitrogen and oxygen atoms in total. The number of fused-ring (bicyclic) bond motifs is 1. The van der Waals surface area contributed by atoms with Crippen LogP contribution in [0.1, 0.15) is 43.6 Å². The largest absolute Gasteiger partial charge is 0.490 e. The lowest BCUT2D eigenvalue weighted by Crippen LogP contribution is -2.22. The molecule has 38 heavy (non-hydrogen) atoms. The van der Waals surface area contributed by atoms with Gasteiger partial charge >= 0.3 is 0 Å². The van der Waals surface area contributed by atoms with Crippen LogP contribution in [0.3, 0.4) is 0 Å². The zero-order valence-corrected chi connectivity index (χ0v) is 25.6. The summed E-state index contributed by atoms with van der Waals surface area (Å²) >= 11 is 10.6. The standard InChI is InChI=1S/C28H25Br3FN3O3/c1-3-5-10-24-34-22-12-11-19(29)14-20(22)28(36)35(24)33-15-18-13-23(37-4-2)27(26(31)25(18)30)38-16-17-8-6-7-9-21(17)32/h6-9,11-15H,3-5,10,16H2,1-2H3.